The summed E-state index contributed by atoms with van der Waals surface area (Å²) in [4.78, 5) is 15.4. The van der Waals surface area contributed by atoms with Crippen LogP contribution in [0.5, 0.6) is 5.75 Å². The van der Waals surface area contributed by atoms with Gasteiger partial charge in [-0.3, -0.25) is 4.79 Å². The highest BCUT2D eigenvalue weighted by Gasteiger charge is 2.18. The number of fused-ring (bicyclic) bond motifs is 1. The number of anilines is 1. The van der Waals surface area contributed by atoms with Gasteiger partial charge in [-0.25, -0.2) is 0 Å². The first kappa shape index (κ1) is 22.7. The van der Waals surface area contributed by atoms with Gasteiger partial charge < -0.3 is 19.5 Å². The summed E-state index contributed by atoms with van der Waals surface area (Å²) in [5.74, 6) is 0.877. The van der Waals surface area contributed by atoms with Gasteiger partial charge in [0.15, 0.2) is 0 Å². The molecule has 1 aliphatic rings. The molecular weight excluding hydrogens is 442 g/mol. The highest BCUT2D eigenvalue weighted by atomic mass is 32.1. The van der Waals surface area contributed by atoms with Crippen molar-refractivity contribution in [1.29, 1.82) is 0 Å². The molecule has 0 radical (unpaired) electrons. The smallest absolute Gasteiger partial charge is 0.272 e. The molecule has 1 N–H and O–H groups in total. The third-order valence-corrected chi connectivity index (χ3v) is 7.59. The topological polar surface area (TPSA) is 46.5 Å². The molecule has 1 aliphatic heterocycles. The Balaban J connectivity index is 1.20. The van der Waals surface area contributed by atoms with Gasteiger partial charge in [0.2, 0.25) is 0 Å². The molecular formula is C28H31N3O2S. The molecule has 1 saturated heterocycles. The third kappa shape index (κ3) is 5.03. The molecule has 2 aromatic heterocycles. The van der Waals surface area contributed by atoms with Crippen LogP contribution in [-0.2, 0) is 19.9 Å². The molecule has 0 unspecified atom stereocenters. The number of piperidine rings is 1. The summed E-state index contributed by atoms with van der Waals surface area (Å²) in [5.41, 5.74) is 5.04. The van der Waals surface area contributed by atoms with Crippen LogP contribution in [-0.4, -0.2) is 41.6 Å². The minimum atomic E-state index is -0.0752. The predicted molar refractivity (Wildman–Crippen MR) is 140 cm³/mol. The van der Waals surface area contributed by atoms with Crippen molar-refractivity contribution < 1.29 is 9.53 Å². The van der Waals surface area contributed by atoms with E-state index in [0.29, 0.717) is 11.8 Å². The van der Waals surface area contributed by atoms with E-state index in [9.17, 15) is 4.79 Å². The lowest BCUT2D eigenvalue weighted by Crippen LogP contribution is -2.35. The van der Waals surface area contributed by atoms with E-state index in [1.807, 2.05) is 35.9 Å². The summed E-state index contributed by atoms with van der Waals surface area (Å²) in [7, 11) is 4.11. The number of aryl methyl sites for hydroxylation is 3. The van der Waals surface area contributed by atoms with Crippen molar-refractivity contribution in [1.82, 2.24) is 9.47 Å². The Labute approximate surface area is 205 Å². The van der Waals surface area contributed by atoms with Crippen molar-refractivity contribution >= 4 is 33.1 Å². The van der Waals surface area contributed by atoms with E-state index in [4.69, 9.17) is 4.74 Å². The summed E-state index contributed by atoms with van der Waals surface area (Å²) in [6.07, 6.45) is 4.25. The Morgan fingerprint density at radius 1 is 1.03 bits per heavy atom. The number of amides is 1. The maximum atomic E-state index is 13.0. The average Bonchev–Trinajstić information content (AvgIpc) is 3.44. The highest BCUT2D eigenvalue weighted by molar-refractivity contribution is 7.17. The third-order valence-electron chi connectivity index (χ3n) is 6.74. The molecule has 1 amide bonds. The fourth-order valence-corrected chi connectivity index (χ4v) is 5.47. The first-order valence-electron chi connectivity index (χ1n) is 11.9. The fourth-order valence-electron chi connectivity index (χ4n) is 4.62. The van der Waals surface area contributed by atoms with E-state index in [2.05, 4.69) is 59.0 Å². The van der Waals surface area contributed by atoms with Crippen molar-refractivity contribution in [2.45, 2.75) is 31.8 Å². The summed E-state index contributed by atoms with van der Waals surface area (Å²) in [6.45, 7) is 2.20. The molecule has 3 heterocycles. The average molecular weight is 474 g/mol. The fraction of sp³-hybridized carbons (Fsp3) is 0.321. The van der Waals surface area contributed by atoms with Gasteiger partial charge in [0.05, 0.1) is 10.2 Å². The van der Waals surface area contributed by atoms with Gasteiger partial charge >= 0.3 is 0 Å². The molecule has 5 nitrogen and oxygen atoms in total. The van der Waals surface area contributed by atoms with Gasteiger partial charge in [0.1, 0.15) is 17.5 Å². The zero-order valence-electron chi connectivity index (χ0n) is 19.8. The lowest BCUT2D eigenvalue weighted by molar-refractivity contribution is 0.101. The molecule has 5 rings (SSSR count). The van der Waals surface area contributed by atoms with Crippen LogP contribution in [0.25, 0.3) is 10.2 Å². The van der Waals surface area contributed by atoms with Crippen LogP contribution >= 0.6 is 11.3 Å². The number of nitrogens with one attached hydrogen (secondary N) is 1. The van der Waals surface area contributed by atoms with Gasteiger partial charge in [-0.05, 0) is 79.6 Å². The standard InChI is InChI=1S/C28H31N3O2S/c1-30-16-13-23(14-17-30)33-22-11-8-20(9-12-22)7-10-21-5-3-4-6-24(21)29-28(32)26-19-27-25(31(26)2)15-18-34-27/h3-6,8-9,11-12,15,18-19,23H,7,10,13-14,16-17H2,1-2H3,(H,29,32). The van der Waals surface area contributed by atoms with Crippen molar-refractivity contribution in [2.24, 2.45) is 7.05 Å². The lowest BCUT2D eigenvalue weighted by Gasteiger charge is -2.29. The molecule has 1 fully saturated rings. The van der Waals surface area contributed by atoms with E-state index >= 15 is 0 Å². The highest BCUT2D eigenvalue weighted by Crippen LogP contribution is 2.26. The van der Waals surface area contributed by atoms with Gasteiger partial charge in [-0.1, -0.05) is 30.3 Å². The van der Waals surface area contributed by atoms with Crippen molar-refractivity contribution in [3.8, 4) is 5.75 Å². The predicted octanol–water partition coefficient (Wildman–Crippen LogP) is 5.75. The Morgan fingerprint density at radius 2 is 1.79 bits per heavy atom. The summed E-state index contributed by atoms with van der Waals surface area (Å²) >= 11 is 1.65. The molecule has 4 aromatic rings. The van der Waals surface area contributed by atoms with Gasteiger partial charge in [0, 0.05) is 25.8 Å². The Morgan fingerprint density at radius 3 is 2.56 bits per heavy atom. The molecule has 2 aromatic carbocycles. The number of thiophene rings is 1. The van der Waals surface area contributed by atoms with Crippen molar-refractivity contribution in [3.05, 3.63) is 82.9 Å². The van der Waals surface area contributed by atoms with Crippen molar-refractivity contribution in [2.75, 3.05) is 25.5 Å². The number of hydrogen-bond acceptors (Lipinski definition) is 4. The number of likely N-dealkylation sites (tertiary alicyclic amines) is 1. The van der Waals surface area contributed by atoms with Crippen LogP contribution in [0.3, 0.4) is 0 Å². The molecule has 6 heteroatoms. The van der Waals surface area contributed by atoms with Crippen LogP contribution in [0.2, 0.25) is 0 Å². The second-order valence-corrected chi connectivity index (χ2v) is 10.1. The number of rotatable bonds is 7. The Kier molecular flexibility index (Phi) is 6.70. The second-order valence-electron chi connectivity index (χ2n) is 9.13. The van der Waals surface area contributed by atoms with E-state index in [0.717, 1.165) is 66.0 Å². The zero-order valence-corrected chi connectivity index (χ0v) is 20.6. The number of nitrogens with zero attached hydrogens (tertiary/aromatic N) is 2. The quantitative estimate of drug-likeness (QED) is 0.372. The van der Waals surface area contributed by atoms with Crippen LogP contribution < -0.4 is 10.1 Å². The number of hydrogen-bond donors (Lipinski definition) is 1. The van der Waals surface area contributed by atoms with E-state index in [-0.39, 0.29) is 5.91 Å². The number of benzene rings is 2. The summed E-state index contributed by atoms with van der Waals surface area (Å²) in [6, 6.07) is 20.6. The monoisotopic (exact) mass is 473 g/mol. The molecule has 0 saturated carbocycles. The normalized spacial score (nSPS) is 15.0. The van der Waals surface area contributed by atoms with Gasteiger partial charge in [0.25, 0.3) is 5.91 Å². The maximum Gasteiger partial charge on any atom is 0.272 e. The maximum absolute atomic E-state index is 13.0. The van der Waals surface area contributed by atoms with E-state index in [1.165, 1.54) is 5.56 Å². The first-order valence-corrected chi connectivity index (χ1v) is 12.8. The van der Waals surface area contributed by atoms with Crippen LogP contribution in [0, 0.1) is 0 Å². The molecule has 0 spiro atoms. The van der Waals surface area contributed by atoms with E-state index in [1.54, 1.807) is 11.3 Å². The largest absolute Gasteiger partial charge is 0.490 e. The molecule has 0 atom stereocenters. The number of carbonyl (C=O) groups excluding carboxylic acids is 1. The van der Waals surface area contributed by atoms with Crippen molar-refractivity contribution in [3.63, 3.8) is 0 Å². The SMILES string of the molecule is CN1CCC(Oc2ccc(CCc3ccccc3NC(=O)c3cc4sccc4n3C)cc2)CC1. The first-order chi connectivity index (χ1) is 16.6. The van der Waals surface area contributed by atoms with Crippen LogP contribution in [0.1, 0.15) is 34.5 Å². The van der Waals surface area contributed by atoms with Gasteiger partial charge in [-0.2, -0.15) is 0 Å². The lowest BCUT2D eigenvalue weighted by atomic mass is 10.0. The zero-order chi connectivity index (χ0) is 23.5. The van der Waals surface area contributed by atoms with E-state index < -0.39 is 0 Å². The van der Waals surface area contributed by atoms with Gasteiger partial charge in [-0.15, -0.1) is 11.3 Å². The molecule has 0 bridgehead atoms. The summed E-state index contributed by atoms with van der Waals surface area (Å²) < 4.78 is 9.26. The van der Waals surface area contributed by atoms with Crippen LogP contribution in [0.15, 0.2) is 66.0 Å². The minimum absolute atomic E-state index is 0.0752. The van der Waals surface area contributed by atoms with Crippen LogP contribution in [0.4, 0.5) is 5.69 Å². The number of carbonyl (C=O) groups is 1. The number of para-hydroxylation sites is 1. The second kappa shape index (κ2) is 10.0. The molecule has 34 heavy (non-hydrogen) atoms. The number of aromatic nitrogens is 1. The molecule has 0 aliphatic carbocycles. The Bertz CT molecular complexity index is 1270. The Hall–Kier alpha value is -3.09. The minimum Gasteiger partial charge on any atom is -0.490 e. The molecule has 176 valence electrons. The summed E-state index contributed by atoms with van der Waals surface area (Å²) in [5, 5.41) is 5.18. The number of ether oxygens (including phenoxy) is 1.